The zero-order valence-corrected chi connectivity index (χ0v) is 19.7. The summed E-state index contributed by atoms with van der Waals surface area (Å²) in [7, 11) is 1.80. The molecule has 4 aliphatic rings. The number of nitrogens with zero attached hydrogens (tertiary/aromatic N) is 3. The lowest BCUT2D eigenvalue weighted by Gasteiger charge is -2.41. The second-order valence-corrected chi connectivity index (χ2v) is 10.0. The van der Waals surface area contributed by atoms with Gasteiger partial charge in [-0.3, -0.25) is 9.69 Å². The van der Waals surface area contributed by atoms with E-state index in [9.17, 15) is 9.90 Å². The van der Waals surface area contributed by atoms with Gasteiger partial charge in [0.1, 0.15) is 0 Å². The van der Waals surface area contributed by atoms with Crippen LogP contribution < -0.4 is 0 Å². The summed E-state index contributed by atoms with van der Waals surface area (Å²) in [6.45, 7) is 5.63. The molecule has 6 nitrogen and oxygen atoms in total. The van der Waals surface area contributed by atoms with Crippen molar-refractivity contribution in [2.75, 3.05) is 46.4 Å². The van der Waals surface area contributed by atoms with Crippen molar-refractivity contribution in [2.45, 2.75) is 44.4 Å². The lowest BCUT2D eigenvalue weighted by Crippen LogP contribution is -2.50. The molecule has 1 amide bonds. The van der Waals surface area contributed by atoms with Crippen LogP contribution in [0, 0.1) is 11.8 Å². The molecular formula is C27H37N3O3. The highest BCUT2D eigenvalue weighted by Crippen LogP contribution is 2.33. The number of likely N-dealkylation sites (tertiary alicyclic amines) is 2. The van der Waals surface area contributed by atoms with Gasteiger partial charge in [0.15, 0.2) is 0 Å². The lowest BCUT2D eigenvalue weighted by atomic mass is 9.80. The Morgan fingerprint density at radius 2 is 1.85 bits per heavy atom. The van der Waals surface area contributed by atoms with E-state index in [0.29, 0.717) is 19.2 Å². The van der Waals surface area contributed by atoms with Crippen molar-refractivity contribution in [3.05, 3.63) is 59.3 Å². The second-order valence-electron chi connectivity index (χ2n) is 10.0. The van der Waals surface area contributed by atoms with E-state index in [1.54, 1.807) is 7.11 Å². The van der Waals surface area contributed by atoms with Gasteiger partial charge in [-0.05, 0) is 48.8 Å². The number of β-amino-alcohol motifs (C(OH)–C–C–N with tert-alkyl or cyclic N) is 1. The highest BCUT2D eigenvalue weighted by molar-refractivity contribution is 5.82. The molecule has 1 aromatic carbocycles. The highest BCUT2D eigenvalue weighted by Gasteiger charge is 2.37. The first-order valence-electron chi connectivity index (χ1n) is 12.5. The molecule has 0 radical (unpaired) electrons. The topological polar surface area (TPSA) is 56.2 Å². The monoisotopic (exact) mass is 451 g/mol. The first-order chi connectivity index (χ1) is 16.1. The van der Waals surface area contributed by atoms with Crippen LogP contribution in [0.2, 0.25) is 0 Å². The predicted molar refractivity (Wildman–Crippen MR) is 128 cm³/mol. The minimum absolute atomic E-state index is 0.0897. The molecule has 0 aromatic heterocycles. The Balaban J connectivity index is 1.13. The lowest BCUT2D eigenvalue weighted by molar-refractivity contribution is -0.140. The minimum Gasteiger partial charge on any atom is -0.390 e. The molecule has 1 N–H and O–H groups in total. The second kappa shape index (κ2) is 10.00. The molecule has 0 spiro atoms. The fraction of sp³-hybridized carbons (Fsp3) is 0.593. The summed E-state index contributed by atoms with van der Waals surface area (Å²) in [4.78, 5) is 19.8. The largest absolute Gasteiger partial charge is 0.390 e. The molecule has 2 saturated heterocycles. The van der Waals surface area contributed by atoms with Gasteiger partial charge < -0.3 is 19.6 Å². The SMILES string of the molecule is COC1CCN(C2=CC3CCN(C[C@H](O)CN4CCc5ccccc5C4)C(=O)C3C=C2)CC1. The number of allylic oxidation sites excluding steroid dienone is 2. The number of aliphatic hydroxyl groups is 1. The Morgan fingerprint density at radius 3 is 2.64 bits per heavy atom. The van der Waals surface area contributed by atoms with Crippen LogP contribution >= 0.6 is 0 Å². The van der Waals surface area contributed by atoms with E-state index >= 15 is 0 Å². The molecule has 5 rings (SSSR count). The van der Waals surface area contributed by atoms with Gasteiger partial charge in [-0.15, -0.1) is 0 Å². The van der Waals surface area contributed by atoms with Crippen LogP contribution in [0.15, 0.2) is 48.2 Å². The first kappa shape index (κ1) is 22.6. The van der Waals surface area contributed by atoms with Gasteiger partial charge in [-0.2, -0.15) is 0 Å². The van der Waals surface area contributed by atoms with E-state index in [1.807, 2.05) is 4.90 Å². The molecule has 0 bridgehead atoms. The maximum absolute atomic E-state index is 13.2. The van der Waals surface area contributed by atoms with Crippen LogP contribution in [-0.2, 0) is 22.5 Å². The number of aliphatic hydroxyl groups excluding tert-OH is 1. The number of benzene rings is 1. The van der Waals surface area contributed by atoms with Crippen LogP contribution in [0.1, 0.15) is 30.4 Å². The third-order valence-corrected chi connectivity index (χ3v) is 7.90. The molecule has 1 aromatic rings. The van der Waals surface area contributed by atoms with Crippen LogP contribution in [0.25, 0.3) is 0 Å². The van der Waals surface area contributed by atoms with E-state index in [-0.39, 0.29) is 17.7 Å². The summed E-state index contributed by atoms with van der Waals surface area (Å²) < 4.78 is 5.50. The van der Waals surface area contributed by atoms with E-state index in [0.717, 1.165) is 58.4 Å². The Morgan fingerprint density at radius 1 is 1.06 bits per heavy atom. The van der Waals surface area contributed by atoms with Crippen molar-refractivity contribution >= 4 is 5.91 Å². The number of methoxy groups -OCH3 is 1. The highest BCUT2D eigenvalue weighted by atomic mass is 16.5. The molecule has 1 aliphatic carbocycles. The standard InChI is InChI=1S/C27H37N3O3/c1-33-25-10-14-29(15-11-25)23-6-7-26-21(16-23)9-13-30(27(26)32)19-24(31)18-28-12-8-20-4-2-3-5-22(20)17-28/h2-7,16,21,24-26,31H,8-15,17-19H2,1H3/t21?,24-,26?/m1/s1. The Labute approximate surface area is 197 Å². The molecule has 3 atom stereocenters. The predicted octanol–water partition coefficient (Wildman–Crippen LogP) is 2.43. The third kappa shape index (κ3) is 5.03. The van der Waals surface area contributed by atoms with Crippen molar-refractivity contribution in [3.63, 3.8) is 0 Å². The van der Waals surface area contributed by atoms with Crippen LogP contribution in [-0.4, -0.2) is 84.3 Å². The maximum Gasteiger partial charge on any atom is 0.230 e. The Hall–Kier alpha value is -2.15. The molecule has 6 heteroatoms. The molecule has 0 saturated carbocycles. The summed E-state index contributed by atoms with van der Waals surface area (Å²) in [5.41, 5.74) is 4.03. The number of ether oxygens (including phenoxy) is 1. The molecule has 2 unspecified atom stereocenters. The summed E-state index contributed by atoms with van der Waals surface area (Å²) in [6.07, 6.45) is 10.5. The number of hydrogen-bond donors (Lipinski definition) is 1. The number of fused-ring (bicyclic) bond motifs is 2. The number of rotatable bonds is 6. The van der Waals surface area contributed by atoms with Gasteiger partial charge in [-0.1, -0.05) is 36.4 Å². The molecular weight excluding hydrogens is 414 g/mol. The van der Waals surface area contributed by atoms with Crippen LogP contribution in [0.5, 0.6) is 0 Å². The van der Waals surface area contributed by atoms with Gasteiger partial charge in [0, 0.05) is 58.6 Å². The fourth-order valence-corrected chi connectivity index (χ4v) is 5.94. The number of carbonyl (C=O) groups excluding carboxylic acids is 1. The van der Waals surface area contributed by atoms with E-state index in [1.165, 1.54) is 16.8 Å². The number of hydrogen-bond acceptors (Lipinski definition) is 5. The quantitative estimate of drug-likeness (QED) is 0.720. The molecule has 3 heterocycles. The maximum atomic E-state index is 13.2. The summed E-state index contributed by atoms with van der Waals surface area (Å²) in [6, 6.07) is 8.56. The Kier molecular flexibility index (Phi) is 6.86. The number of amides is 1. The van der Waals surface area contributed by atoms with Crippen molar-refractivity contribution in [2.24, 2.45) is 11.8 Å². The van der Waals surface area contributed by atoms with E-state index in [2.05, 4.69) is 52.3 Å². The van der Waals surface area contributed by atoms with E-state index < -0.39 is 6.10 Å². The van der Waals surface area contributed by atoms with Crippen molar-refractivity contribution in [1.82, 2.24) is 14.7 Å². The van der Waals surface area contributed by atoms with Gasteiger partial charge >= 0.3 is 0 Å². The number of carbonyl (C=O) groups is 1. The molecule has 3 aliphatic heterocycles. The molecule has 178 valence electrons. The fourth-order valence-electron chi connectivity index (χ4n) is 5.94. The normalized spacial score (nSPS) is 27.2. The Bertz CT molecular complexity index is 906. The van der Waals surface area contributed by atoms with Gasteiger partial charge in [-0.25, -0.2) is 0 Å². The van der Waals surface area contributed by atoms with Crippen LogP contribution in [0.3, 0.4) is 0 Å². The van der Waals surface area contributed by atoms with Gasteiger partial charge in [0.05, 0.1) is 18.1 Å². The number of piperidine rings is 2. The van der Waals surface area contributed by atoms with Crippen molar-refractivity contribution in [1.29, 1.82) is 0 Å². The summed E-state index contributed by atoms with van der Waals surface area (Å²) in [5, 5.41) is 10.8. The van der Waals surface area contributed by atoms with Crippen LogP contribution in [0.4, 0.5) is 0 Å². The smallest absolute Gasteiger partial charge is 0.230 e. The van der Waals surface area contributed by atoms with Gasteiger partial charge in [0.2, 0.25) is 5.91 Å². The average molecular weight is 452 g/mol. The van der Waals surface area contributed by atoms with E-state index in [4.69, 9.17) is 4.74 Å². The first-order valence-corrected chi connectivity index (χ1v) is 12.5. The zero-order chi connectivity index (χ0) is 22.8. The third-order valence-electron chi connectivity index (χ3n) is 7.90. The molecule has 2 fully saturated rings. The summed E-state index contributed by atoms with van der Waals surface area (Å²) in [5.74, 6) is 0.344. The average Bonchev–Trinajstić information content (AvgIpc) is 2.85. The van der Waals surface area contributed by atoms with Gasteiger partial charge in [0.25, 0.3) is 0 Å². The zero-order valence-electron chi connectivity index (χ0n) is 19.7. The molecule has 33 heavy (non-hydrogen) atoms. The minimum atomic E-state index is -0.517. The van der Waals surface area contributed by atoms with Crippen molar-refractivity contribution in [3.8, 4) is 0 Å². The van der Waals surface area contributed by atoms with Crippen molar-refractivity contribution < 1.29 is 14.6 Å². The summed E-state index contributed by atoms with van der Waals surface area (Å²) >= 11 is 0.